The zero-order valence-electron chi connectivity index (χ0n) is 10.1. The minimum absolute atomic E-state index is 0.443. The number of rotatable bonds is 2. The summed E-state index contributed by atoms with van der Waals surface area (Å²) in [5.74, 6) is 0. The van der Waals surface area contributed by atoms with Gasteiger partial charge in [-0.2, -0.15) is 0 Å². The number of thiophene rings is 1. The monoisotopic (exact) mass is 515 g/mol. The first-order valence-electron chi connectivity index (χ1n) is 6.13. The Morgan fingerprint density at radius 1 is 1.26 bits per heavy atom. The first kappa shape index (κ1) is 14.4. The molecule has 0 saturated carbocycles. The third-order valence-electron chi connectivity index (χ3n) is 3.34. The molecule has 0 amide bonds. The molecular weight excluding hydrogens is 503 g/mol. The molecule has 3 rings (SSSR count). The van der Waals surface area contributed by atoms with Crippen LogP contribution in [0.5, 0.6) is 0 Å². The van der Waals surface area contributed by atoms with E-state index in [9.17, 15) is 0 Å². The van der Waals surface area contributed by atoms with Crippen LogP contribution in [0.4, 0.5) is 5.69 Å². The minimum atomic E-state index is 0.443. The first-order valence-corrected chi connectivity index (χ1v) is 9.48. The Bertz CT molecular complexity index is 611. The number of hydrogen-bond acceptors (Lipinski definition) is 2. The number of hydrogen-bond donors (Lipinski definition) is 1. The maximum Gasteiger partial charge on any atom is 0.0660 e. The number of halogens is 3. The van der Waals surface area contributed by atoms with E-state index in [1.54, 1.807) is 4.88 Å². The van der Waals surface area contributed by atoms with E-state index in [2.05, 4.69) is 62.6 Å². The van der Waals surface area contributed by atoms with Crippen LogP contribution in [0.2, 0.25) is 5.02 Å². The molecule has 2 aromatic rings. The number of anilines is 1. The molecule has 0 saturated heterocycles. The molecule has 5 heteroatoms. The third-order valence-corrected chi connectivity index (χ3v) is 6.44. The van der Waals surface area contributed by atoms with Gasteiger partial charge in [-0.15, -0.1) is 11.3 Å². The summed E-state index contributed by atoms with van der Waals surface area (Å²) in [5.41, 5.74) is 2.68. The second-order valence-electron chi connectivity index (χ2n) is 4.64. The van der Waals surface area contributed by atoms with Crippen molar-refractivity contribution in [3.63, 3.8) is 0 Å². The van der Waals surface area contributed by atoms with Gasteiger partial charge in [-0.1, -0.05) is 11.6 Å². The second-order valence-corrected chi connectivity index (χ2v) is 9.27. The van der Waals surface area contributed by atoms with Crippen LogP contribution in [-0.4, -0.2) is 0 Å². The fraction of sp³-hybridized carbons (Fsp3) is 0.286. The second kappa shape index (κ2) is 6.07. The maximum atomic E-state index is 6.01. The van der Waals surface area contributed by atoms with Gasteiger partial charge in [0.25, 0.3) is 0 Å². The largest absolute Gasteiger partial charge is 0.377 e. The predicted molar refractivity (Wildman–Crippen MR) is 101 cm³/mol. The molecule has 1 atom stereocenters. The van der Waals surface area contributed by atoms with E-state index in [0.717, 1.165) is 5.02 Å². The summed E-state index contributed by atoms with van der Waals surface area (Å²) in [5, 5.41) is 4.48. The van der Waals surface area contributed by atoms with Crippen molar-refractivity contribution in [3.05, 3.63) is 46.2 Å². The topological polar surface area (TPSA) is 12.0 Å². The normalized spacial score (nSPS) is 18.2. The lowest BCUT2D eigenvalue weighted by atomic mass is 9.94. The molecule has 1 aromatic heterocycles. The molecule has 1 unspecified atom stereocenters. The van der Waals surface area contributed by atoms with E-state index in [4.69, 9.17) is 11.6 Å². The number of benzene rings is 1. The van der Waals surface area contributed by atoms with Crippen LogP contribution in [0, 0.1) is 6.45 Å². The summed E-state index contributed by atoms with van der Waals surface area (Å²) in [6.45, 7) is 0. The van der Waals surface area contributed by atoms with Gasteiger partial charge in [-0.05, 0) is 94.3 Å². The fourth-order valence-corrected chi connectivity index (χ4v) is 5.61. The molecule has 1 aliphatic carbocycles. The molecule has 1 aliphatic rings. The summed E-state index contributed by atoms with van der Waals surface area (Å²) in [7, 11) is 0. The Balaban J connectivity index is 1.88. The summed E-state index contributed by atoms with van der Waals surface area (Å²) < 4.78 is 2.57. The van der Waals surface area contributed by atoms with Crippen LogP contribution in [0.25, 0.3) is 0 Å². The summed E-state index contributed by atoms with van der Waals surface area (Å²) in [6, 6.07) is 8.81. The number of aryl methyl sites for hydroxylation is 1. The highest BCUT2D eigenvalue weighted by molar-refractivity contribution is 14.1. The molecule has 1 N–H and O–H groups in total. The van der Waals surface area contributed by atoms with Gasteiger partial charge < -0.3 is 5.32 Å². The average molecular weight is 516 g/mol. The van der Waals surface area contributed by atoms with Gasteiger partial charge in [0.2, 0.25) is 0 Å². The summed E-state index contributed by atoms with van der Waals surface area (Å²) in [4.78, 5) is 1.55. The zero-order valence-corrected chi connectivity index (χ0v) is 15.9. The Hall–Kier alpha value is 0.470. The van der Waals surface area contributed by atoms with Gasteiger partial charge in [0, 0.05) is 19.2 Å². The van der Waals surface area contributed by atoms with Crippen molar-refractivity contribution in [1.82, 2.24) is 0 Å². The van der Waals surface area contributed by atoms with Crippen LogP contribution in [0.1, 0.15) is 29.3 Å². The van der Waals surface area contributed by atoms with Crippen molar-refractivity contribution in [2.45, 2.75) is 25.3 Å². The van der Waals surface area contributed by atoms with Crippen LogP contribution in [0.3, 0.4) is 0 Å². The van der Waals surface area contributed by atoms with Crippen molar-refractivity contribution in [2.24, 2.45) is 0 Å². The van der Waals surface area contributed by atoms with E-state index >= 15 is 0 Å². The molecule has 19 heavy (non-hydrogen) atoms. The molecule has 0 fully saturated rings. The van der Waals surface area contributed by atoms with E-state index in [0.29, 0.717) is 6.04 Å². The maximum absolute atomic E-state index is 6.01. The van der Waals surface area contributed by atoms with Crippen molar-refractivity contribution < 1.29 is 0 Å². The third kappa shape index (κ3) is 3.22. The minimum Gasteiger partial charge on any atom is -0.377 e. The predicted octanol–water partition coefficient (Wildman–Crippen LogP) is 6.10. The first-order chi connectivity index (χ1) is 9.13. The lowest BCUT2D eigenvalue weighted by Gasteiger charge is -2.25. The van der Waals surface area contributed by atoms with Crippen LogP contribution in [0.15, 0.2) is 24.3 Å². The van der Waals surface area contributed by atoms with E-state index in [-0.39, 0.29) is 0 Å². The van der Waals surface area contributed by atoms with E-state index in [1.165, 1.54) is 37.0 Å². The Labute approximate surface area is 149 Å². The molecule has 1 heterocycles. The van der Waals surface area contributed by atoms with Crippen molar-refractivity contribution >= 4 is 73.8 Å². The van der Waals surface area contributed by atoms with Crippen LogP contribution in [-0.2, 0) is 6.42 Å². The highest BCUT2D eigenvalue weighted by Crippen LogP contribution is 2.38. The summed E-state index contributed by atoms with van der Waals surface area (Å²) in [6.07, 6.45) is 3.71. The molecule has 0 aliphatic heterocycles. The Kier molecular flexibility index (Phi) is 4.60. The fourth-order valence-electron chi connectivity index (χ4n) is 2.47. The average Bonchev–Trinajstić information content (AvgIpc) is 2.74. The van der Waals surface area contributed by atoms with Gasteiger partial charge in [0.05, 0.1) is 8.93 Å². The Morgan fingerprint density at radius 3 is 2.89 bits per heavy atom. The number of fused-ring (bicyclic) bond motifs is 1. The highest BCUT2D eigenvalue weighted by Gasteiger charge is 2.22. The molecule has 0 radical (unpaired) electrons. The van der Waals surface area contributed by atoms with Crippen molar-refractivity contribution in [1.29, 1.82) is 0 Å². The van der Waals surface area contributed by atoms with Crippen molar-refractivity contribution in [3.8, 4) is 0 Å². The molecule has 0 spiro atoms. The highest BCUT2D eigenvalue weighted by atomic mass is 127. The molecule has 0 bridgehead atoms. The quantitative estimate of drug-likeness (QED) is 0.477. The molecule has 1 aromatic carbocycles. The lowest BCUT2D eigenvalue weighted by molar-refractivity contribution is 0.608. The SMILES string of the molecule is Clc1ccc(NC2CCCc3sc(I)cc32)c(I)c1. The molecule has 1 nitrogen and oxygen atoms in total. The standard InChI is InChI=1S/C14H12ClI2NS/c15-8-4-5-12(10(16)6-8)18-11-2-1-3-13-9(11)7-14(17)19-13/h4-7,11,18H,1-3H2. The van der Waals surface area contributed by atoms with Gasteiger partial charge >= 0.3 is 0 Å². The lowest BCUT2D eigenvalue weighted by Crippen LogP contribution is -2.16. The van der Waals surface area contributed by atoms with Gasteiger partial charge in [-0.25, -0.2) is 0 Å². The molecular formula is C14H12ClI2NS. The van der Waals surface area contributed by atoms with E-state index < -0.39 is 0 Å². The summed E-state index contributed by atoms with van der Waals surface area (Å²) >= 11 is 12.7. The zero-order chi connectivity index (χ0) is 13.4. The Morgan fingerprint density at radius 2 is 2.11 bits per heavy atom. The smallest absolute Gasteiger partial charge is 0.0660 e. The van der Waals surface area contributed by atoms with Gasteiger partial charge in [0.15, 0.2) is 0 Å². The molecule has 100 valence electrons. The van der Waals surface area contributed by atoms with Crippen molar-refractivity contribution in [2.75, 3.05) is 5.32 Å². The van der Waals surface area contributed by atoms with Crippen LogP contribution >= 0.6 is 68.1 Å². The van der Waals surface area contributed by atoms with Crippen LogP contribution < -0.4 is 5.32 Å². The number of nitrogens with one attached hydrogen (secondary N) is 1. The van der Waals surface area contributed by atoms with Gasteiger partial charge in [0.1, 0.15) is 0 Å². The van der Waals surface area contributed by atoms with Gasteiger partial charge in [-0.3, -0.25) is 0 Å². The van der Waals surface area contributed by atoms with E-state index in [1.807, 2.05) is 23.5 Å².